The molecule has 4 bridgehead atoms. The van der Waals surface area contributed by atoms with E-state index < -0.39 is 34.8 Å². The maximum absolute atomic E-state index is 14.3. The van der Waals surface area contributed by atoms with Crippen molar-refractivity contribution in [1.82, 2.24) is 15.5 Å². The largest absolute Gasteiger partial charge is 0.444 e. The van der Waals surface area contributed by atoms with Crippen LogP contribution in [0.3, 0.4) is 0 Å². The number of hydrogen-bond acceptors (Lipinski definition) is 7. The van der Waals surface area contributed by atoms with Gasteiger partial charge in [-0.1, -0.05) is 30.3 Å². The molecule has 0 aromatic heterocycles. The number of carbonyl (C=O) groups is 3. The van der Waals surface area contributed by atoms with Crippen LogP contribution in [0.15, 0.2) is 30.3 Å². The van der Waals surface area contributed by atoms with Gasteiger partial charge in [0.05, 0.1) is 18.2 Å². The van der Waals surface area contributed by atoms with Crippen molar-refractivity contribution >= 4 is 17.8 Å². The summed E-state index contributed by atoms with van der Waals surface area (Å²) in [6, 6.07) is 9.46. The van der Waals surface area contributed by atoms with Gasteiger partial charge in [-0.2, -0.15) is 5.26 Å². The topological polar surface area (TPSA) is 132 Å². The highest BCUT2D eigenvalue weighted by Crippen LogP contribution is 2.63. The van der Waals surface area contributed by atoms with Gasteiger partial charge < -0.3 is 25.4 Å². The molecule has 2 amide bonds. The second kappa shape index (κ2) is 10.2. The molecular weight excluding hydrogens is 496 g/mol. The molecule has 0 spiro atoms. The molecule has 3 N–H and O–H groups in total. The Bertz CT molecular complexity index is 1140. The minimum absolute atomic E-state index is 0.0554. The average Bonchev–Trinajstić information content (AvgIpc) is 3.27. The lowest BCUT2D eigenvalue weighted by Gasteiger charge is -2.62. The Morgan fingerprint density at radius 3 is 2.38 bits per heavy atom. The fourth-order valence-electron chi connectivity index (χ4n) is 8.00. The van der Waals surface area contributed by atoms with Gasteiger partial charge in [0, 0.05) is 23.6 Å². The van der Waals surface area contributed by atoms with Gasteiger partial charge >= 0.3 is 6.09 Å². The van der Waals surface area contributed by atoms with E-state index in [1.165, 1.54) is 0 Å². The fraction of sp³-hybridized carbons (Fsp3) is 0.667. The molecule has 6 rings (SSSR count). The Morgan fingerprint density at radius 2 is 1.79 bits per heavy atom. The van der Waals surface area contributed by atoms with Gasteiger partial charge in [0.25, 0.3) is 0 Å². The van der Waals surface area contributed by atoms with E-state index in [0.29, 0.717) is 30.2 Å². The van der Waals surface area contributed by atoms with E-state index in [2.05, 4.69) is 16.7 Å². The molecule has 1 aromatic rings. The number of aliphatic hydroxyl groups is 1. The van der Waals surface area contributed by atoms with Crippen molar-refractivity contribution in [3.8, 4) is 6.07 Å². The molecule has 1 heterocycles. The molecule has 9 nitrogen and oxygen atoms in total. The van der Waals surface area contributed by atoms with Crippen molar-refractivity contribution in [1.29, 1.82) is 5.26 Å². The molecule has 4 saturated carbocycles. The highest BCUT2D eigenvalue weighted by Gasteiger charge is 2.62. The number of ketones is 1. The lowest BCUT2D eigenvalue weighted by molar-refractivity contribution is -0.180. The summed E-state index contributed by atoms with van der Waals surface area (Å²) in [4.78, 5) is 41.4. The van der Waals surface area contributed by atoms with Crippen LogP contribution < -0.4 is 10.6 Å². The number of nitriles is 1. The first-order chi connectivity index (χ1) is 18.4. The maximum atomic E-state index is 14.3. The summed E-state index contributed by atoms with van der Waals surface area (Å²) in [5, 5.41) is 27.5. The molecular formula is C30H40N4O5. The van der Waals surface area contributed by atoms with Crippen molar-refractivity contribution in [3.63, 3.8) is 0 Å². The van der Waals surface area contributed by atoms with Gasteiger partial charge in [-0.15, -0.1) is 0 Å². The summed E-state index contributed by atoms with van der Waals surface area (Å²) >= 11 is 0. The van der Waals surface area contributed by atoms with E-state index in [4.69, 9.17) is 4.74 Å². The second-order valence-corrected chi connectivity index (χ2v) is 13.4. The predicted molar refractivity (Wildman–Crippen MR) is 144 cm³/mol. The quantitative estimate of drug-likeness (QED) is 0.456. The van der Waals surface area contributed by atoms with Crippen molar-refractivity contribution in [3.05, 3.63) is 35.9 Å². The van der Waals surface area contributed by atoms with E-state index in [0.717, 1.165) is 32.1 Å². The highest BCUT2D eigenvalue weighted by atomic mass is 16.6. The zero-order valence-corrected chi connectivity index (χ0v) is 23.1. The molecule has 4 aliphatic carbocycles. The Labute approximate surface area is 230 Å². The fourth-order valence-corrected chi connectivity index (χ4v) is 8.00. The summed E-state index contributed by atoms with van der Waals surface area (Å²) in [5.41, 5.74) is -1.53. The summed E-state index contributed by atoms with van der Waals surface area (Å²) in [7, 11) is 0. The molecule has 1 saturated heterocycles. The molecule has 1 aliphatic heterocycles. The third-order valence-corrected chi connectivity index (χ3v) is 8.98. The maximum Gasteiger partial charge on any atom is 0.408 e. The molecule has 0 radical (unpaired) electrons. The number of hydrogen-bond donors (Lipinski definition) is 3. The normalized spacial score (nSPS) is 33.9. The third-order valence-electron chi connectivity index (χ3n) is 8.98. The van der Waals surface area contributed by atoms with Gasteiger partial charge in [0.2, 0.25) is 5.91 Å². The van der Waals surface area contributed by atoms with Crippen LogP contribution in [-0.4, -0.2) is 70.2 Å². The van der Waals surface area contributed by atoms with E-state index in [1.54, 1.807) is 37.8 Å². The van der Waals surface area contributed by atoms with Crippen LogP contribution in [0.1, 0.15) is 76.1 Å². The van der Waals surface area contributed by atoms with Gasteiger partial charge in [-0.3, -0.25) is 9.59 Å². The Hall–Kier alpha value is -2.96. The van der Waals surface area contributed by atoms with Gasteiger partial charge in [0.1, 0.15) is 17.7 Å². The number of Topliss-reactive ketones (excluding diaryl/α,β-unsaturated/α-hetero) is 1. The van der Waals surface area contributed by atoms with Crippen molar-refractivity contribution < 1.29 is 24.2 Å². The van der Waals surface area contributed by atoms with Crippen LogP contribution in [-0.2, 0) is 9.53 Å². The van der Waals surface area contributed by atoms with Crippen LogP contribution >= 0.6 is 0 Å². The first-order valence-corrected chi connectivity index (χ1v) is 14.1. The molecule has 39 heavy (non-hydrogen) atoms. The molecule has 210 valence electrons. The summed E-state index contributed by atoms with van der Waals surface area (Å²) in [5.74, 6) is 0.267. The molecule has 5 fully saturated rings. The lowest BCUT2D eigenvalue weighted by Crippen LogP contribution is -2.66. The number of likely N-dealkylation sites (tertiary alicyclic amines) is 1. The zero-order valence-electron chi connectivity index (χ0n) is 23.1. The average molecular weight is 537 g/mol. The Morgan fingerprint density at radius 1 is 1.13 bits per heavy atom. The van der Waals surface area contributed by atoms with Crippen molar-refractivity contribution in [2.24, 2.45) is 17.3 Å². The van der Waals surface area contributed by atoms with Crippen molar-refractivity contribution in [2.75, 3.05) is 13.1 Å². The number of alkyl carbamates (subject to hydrolysis) is 1. The van der Waals surface area contributed by atoms with E-state index in [-0.39, 0.29) is 30.8 Å². The Kier molecular flexibility index (Phi) is 7.23. The van der Waals surface area contributed by atoms with E-state index >= 15 is 0 Å². The number of carbonyl (C=O) groups excluding carboxylic acids is 3. The first kappa shape index (κ1) is 27.6. The number of benzene rings is 1. The monoisotopic (exact) mass is 536 g/mol. The number of nitrogens with one attached hydrogen (secondary N) is 2. The minimum atomic E-state index is -0.898. The number of rotatable bonds is 7. The SMILES string of the molecule is CC(C)(C)OC(=O)N[C@H](C(=O)N1C[C@@H](NCC(=O)c2ccccc2)C[C@H]1C#N)C12CC3CC(CC(O)(C3)C1)C2. The van der Waals surface area contributed by atoms with E-state index in [1.807, 2.05) is 18.2 Å². The second-order valence-electron chi connectivity index (χ2n) is 13.4. The lowest BCUT2D eigenvalue weighted by atomic mass is 9.46. The van der Waals surface area contributed by atoms with Crippen molar-refractivity contribution in [2.45, 2.75) is 95.0 Å². The van der Waals surface area contributed by atoms with Crippen LogP contribution in [0.4, 0.5) is 4.79 Å². The highest BCUT2D eigenvalue weighted by molar-refractivity contribution is 5.97. The molecule has 5 aliphatic rings. The molecule has 5 atom stereocenters. The molecule has 2 unspecified atom stereocenters. The molecule has 9 heteroatoms. The summed E-state index contributed by atoms with van der Waals surface area (Å²) < 4.78 is 5.55. The van der Waals surface area contributed by atoms with Gasteiger partial charge in [0.15, 0.2) is 5.78 Å². The van der Waals surface area contributed by atoms with Gasteiger partial charge in [-0.25, -0.2) is 4.79 Å². The van der Waals surface area contributed by atoms with Gasteiger partial charge in [-0.05, 0) is 77.6 Å². The Balaban J connectivity index is 1.35. The summed E-state index contributed by atoms with van der Waals surface area (Å²) in [6.07, 6.45) is 4.23. The van der Waals surface area contributed by atoms with E-state index in [9.17, 15) is 24.8 Å². The van der Waals surface area contributed by atoms with Crippen LogP contribution in [0.25, 0.3) is 0 Å². The minimum Gasteiger partial charge on any atom is -0.444 e. The summed E-state index contributed by atoms with van der Waals surface area (Å²) in [6.45, 7) is 5.69. The smallest absolute Gasteiger partial charge is 0.408 e. The molecule has 1 aromatic carbocycles. The van der Waals surface area contributed by atoms with Crippen LogP contribution in [0, 0.1) is 28.6 Å². The number of ether oxygens (including phenoxy) is 1. The standard InChI is InChI=1S/C30H40N4O5/c1-28(2,3)39-27(37)33-25(29-11-19-9-20(12-29)14-30(38,13-19)18-29)26(36)34-17-22(10-23(34)15-31)32-16-24(35)21-7-5-4-6-8-21/h4-8,19-20,22-23,25,32,38H,9-14,16-18H2,1-3H3,(H,33,37)/t19?,20?,22-,23-,25+,29?,30?/m0/s1. The van der Waals surface area contributed by atoms with Crippen LogP contribution in [0.2, 0.25) is 0 Å². The number of amides is 2. The number of nitrogens with zero attached hydrogens (tertiary/aromatic N) is 2. The zero-order chi connectivity index (χ0) is 28.0. The predicted octanol–water partition coefficient (Wildman–Crippen LogP) is 3.18. The first-order valence-electron chi connectivity index (χ1n) is 14.1. The van der Waals surface area contributed by atoms with Crippen LogP contribution in [0.5, 0.6) is 0 Å². The third kappa shape index (κ3) is 5.82.